The Morgan fingerprint density at radius 3 is 0.636 bits per heavy atom. The van der Waals surface area contributed by atoms with Gasteiger partial charge in [0.25, 0.3) is 0 Å². The molecule has 0 aromatic carbocycles. The van der Waals surface area contributed by atoms with Crippen molar-refractivity contribution in [3.63, 3.8) is 0 Å². The second kappa shape index (κ2) is 76.9. The summed E-state index contributed by atoms with van der Waals surface area (Å²) < 4.78 is 0. The zero-order valence-corrected chi connectivity index (χ0v) is 17.4. The Labute approximate surface area is 226 Å². The average molecular weight is 493 g/mol. The minimum Gasteiger partial charge on any atom is -0.0776 e. The molecule has 0 radical (unpaired) electrons. The second-order valence-electron chi connectivity index (χ2n) is 8.35. The molecule has 0 fully saturated rings. The van der Waals surface area contributed by atoms with Crippen LogP contribution in [0.5, 0.6) is 0 Å². The monoisotopic (exact) mass is 493 g/mol. The van der Waals surface area contributed by atoms with Gasteiger partial charge in [-0.2, -0.15) is 0 Å². The lowest BCUT2D eigenvalue weighted by atomic mass is 9.97. The van der Waals surface area contributed by atoms with E-state index < -0.39 is 0 Å². The van der Waals surface area contributed by atoms with Gasteiger partial charge in [0.15, 0.2) is 0 Å². The zero-order valence-electron chi connectivity index (χ0n) is 17.4. The minimum atomic E-state index is 0. The van der Waals surface area contributed by atoms with Crippen molar-refractivity contribution in [2.45, 2.75) is 197 Å². The van der Waals surface area contributed by atoms with Gasteiger partial charge in [-0.25, -0.2) is 0 Å². The molecule has 0 aromatic heterocycles. The highest BCUT2D eigenvalue weighted by Crippen LogP contribution is 2.12. The molecule has 0 heterocycles. The van der Waals surface area contributed by atoms with Gasteiger partial charge < -0.3 is 0 Å². The fourth-order valence-corrected chi connectivity index (χ4v) is 2.49. The summed E-state index contributed by atoms with van der Waals surface area (Å²) in [5.74, 6) is 4.45. The normalized spacial score (nSPS) is 7.73. The predicted molar refractivity (Wildman–Crippen MR) is 184 cm³/mol. The highest BCUT2D eigenvalue weighted by molar-refractivity contribution is 4.52. The zero-order chi connectivity index (χ0) is 17.4. The topological polar surface area (TPSA) is 0 Å². The smallest absolute Gasteiger partial charge is 0.0443 e. The molecule has 0 aliphatic heterocycles. The first-order valence-corrected chi connectivity index (χ1v) is 9.56. The maximum absolute atomic E-state index is 2.32. The third-order valence-electron chi connectivity index (χ3n) is 3.38. The Kier molecular flexibility index (Phi) is 243. The summed E-state index contributed by atoms with van der Waals surface area (Å²) in [6.45, 7) is 24.9. The maximum atomic E-state index is 2.32. The molecule has 0 N–H and O–H groups in total. The molecule has 0 rings (SSSR count). The van der Waals surface area contributed by atoms with Crippen molar-refractivity contribution < 1.29 is 0 Å². The van der Waals surface area contributed by atoms with E-state index in [1.807, 2.05) is 0 Å². The van der Waals surface area contributed by atoms with Crippen LogP contribution in [0, 0.1) is 29.6 Å². The van der Waals surface area contributed by atoms with Crippen molar-refractivity contribution in [1.29, 1.82) is 0 Å². The van der Waals surface area contributed by atoms with E-state index in [1.165, 1.54) is 32.1 Å². The lowest BCUT2D eigenvalue weighted by molar-refractivity contribution is 0.429. The lowest BCUT2D eigenvalue weighted by Gasteiger charge is -2.09. The van der Waals surface area contributed by atoms with Crippen molar-refractivity contribution in [3.05, 3.63) is 0 Å². The van der Waals surface area contributed by atoms with Crippen LogP contribution in [-0.2, 0) is 0 Å². The molecule has 1 unspecified atom stereocenters. The Bertz CT molecular complexity index is 159. The van der Waals surface area contributed by atoms with Crippen LogP contribution >= 0.6 is 0 Å². The van der Waals surface area contributed by atoms with Gasteiger partial charge in [0.1, 0.15) is 0 Å². The van der Waals surface area contributed by atoms with E-state index in [9.17, 15) is 0 Å². The molecule has 0 aliphatic rings. The molecule has 0 bridgehead atoms. The minimum absolute atomic E-state index is 0. The van der Waals surface area contributed by atoms with Crippen LogP contribution < -0.4 is 0 Å². The molecule has 0 aromatic rings. The predicted octanol–water partition coefficient (Wildman–Crippen LogP) is 15.8. The van der Waals surface area contributed by atoms with E-state index in [1.54, 1.807) is 0 Å². The highest BCUT2D eigenvalue weighted by atomic mass is 14.1. The fourth-order valence-electron chi connectivity index (χ4n) is 2.49. The number of hydrogen-bond acceptors (Lipinski definition) is 0. The van der Waals surface area contributed by atoms with Crippen LogP contribution in [0.25, 0.3) is 0 Å². The first kappa shape index (κ1) is 104. The molecule has 1 atom stereocenters. The first-order chi connectivity index (χ1) is 9.56. The highest BCUT2D eigenvalue weighted by Gasteiger charge is 2.00. The SMILES string of the molecule is C.C.C.C.C.C.C.C.C.C.C.C.CC(C)CC(C)C.CCC(C)CC(C)C.CCCC(C)C. The fraction of sp³-hybridized carbons (Fsp3) is 1.00. The molecule has 0 amide bonds. The van der Waals surface area contributed by atoms with Gasteiger partial charge in [0.05, 0.1) is 0 Å². The Morgan fingerprint density at radius 1 is 0.364 bits per heavy atom. The summed E-state index contributed by atoms with van der Waals surface area (Å²) in [6.07, 6.45) is 6.78. The number of rotatable bonds is 7. The summed E-state index contributed by atoms with van der Waals surface area (Å²) >= 11 is 0. The third-order valence-corrected chi connectivity index (χ3v) is 3.38. The molecule has 33 heavy (non-hydrogen) atoms. The van der Waals surface area contributed by atoms with Crippen molar-refractivity contribution in [1.82, 2.24) is 0 Å². The molecule has 0 aliphatic carbocycles. The summed E-state index contributed by atoms with van der Waals surface area (Å²) in [6, 6.07) is 0. The van der Waals surface area contributed by atoms with Crippen LogP contribution in [0.1, 0.15) is 197 Å². The van der Waals surface area contributed by atoms with E-state index in [0.29, 0.717) is 0 Å². The molecule has 0 spiro atoms. The average Bonchev–Trinajstić information content (AvgIpc) is 2.27. The van der Waals surface area contributed by atoms with Crippen molar-refractivity contribution in [2.75, 3.05) is 0 Å². The van der Waals surface area contributed by atoms with E-state index in [-0.39, 0.29) is 89.1 Å². The molecule has 0 nitrogen and oxygen atoms in total. The van der Waals surface area contributed by atoms with E-state index in [4.69, 9.17) is 0 Å². The third kappa shape index (κ3) is 170. The standard InChI is InChI=1S/C8H18.C7H16.C6H14.12CH4/c1-5-8(4)6-7(2)3;1-6(2)5-7(3)4;1-4-5-6(2)3;;;;;;;;;;;;/h7-8H,5-6H2,1-4H3;6-7H,5H2,1-4H3;6H,4-5H2,1-3H3;12*1H4. The first-order valence-electron chi connectivity index (χ1n) is 9.56. The van der Waals surface area contributed by atoms with Gasteiger partial charge in [-0.3, -0.25) is 0 Å². The molecular formula is C33H96. The second-order valence-corrected chi connectivity index (χ2v) is 8.35. The van der Waals surface area contributed by atoms with Crippen molar-refractivity contribution >= 4 is 0 Å². The Morgan fingerprint density at radius 2 is 0.606 bits per heavy atom. The maximum Gasteiger partial charge on any atom is -0.0443 e. The van der Waals surface area contributed by atoms with Crippen LogP contribution in [0.2, 0.25) is 0 Å². The summed E-state index contributed by atoms with van der Waals surface area (Å²) in [4.78, 5) is 0. The summed E-state index contributed by atoms with van der Waals surface area (Å²) in [7, 11) is 0. The molecule has 0 saturated carbocycles. The van der Waals surface area contributed by atoms with Crippen LogP contribution in [0.15, 0.2) is 0 Å². The van der Waals surface area contributed by atoms with Gasteiger partial charge in [-0.1, -0.05) is 185 Å². The van der Waals surface area contributed by atoms with Gasteiger partial charge in [0, 0.05) is 0 Å². The molecule has 0 heteroatoms. The van der Waals surface area contributed by atoms with Gasteiger partial charge in [-0.05, 0) is 42.4 Å². The lowest BCUT2D eigenvalue weighted by Crippen LogP contribution is -1.97. The molecular weight excluding hydrogens is 396 g/mol. The van der Waals surface area contributed by atoms with Crippen molar-refractivity contribution in [3.8, 4) is 0 Å². The molecule has 228 valence electrons. The van der Waals surface area contributed by atoms with E-state index >= 15 is 0 Å². The summed E-state index contributed by atoms with van der Waals surface area (Å²) in [5, 5.41) is 0. The number of hydrogen-bond donors (Lipinski definition) is 0. The summed E-state index contributed by atoms with van der Waals surface area (Å²) in [5.41, 5.74) is 0. The van der Waals surface area contributed by atoms with Crippen LogP contribution in [-0.4, -0.2) is 0 Å². The largest absolute Gasteiger partial charge is 0.0776 e. The van der Waals surface area contributed by atoms with Crippen LogP contribution in [0.3, 0.4) is 0 Å². The Balaban J connectivity index is -0.00000000964. The van der Waals surface area contributed by atoms with E-state index in [0.717, 1.165) is 29.6 Å². The molecule has 0 saturated heterocycles. The Hall–Kier alpha value is 0. The van der Waals surface area contributed by atoms with Gasteiger partial charge in [0.2, 0.25) is 0 Å². The van der Waals surface area contributed by atoms with Crippen molar-refractivity contribution in [2.24, 2.45) is 29.6 Å². The van der Waals surface area contributed by atoms with Crippen LogP contribution in [0.4, 0.5) is 0 Å². The quantitative estimate of drug-likeness (QED) is 0.331. The van der Waals surface area contributed by atoms with Gasteiger partial charge in [-0.15, -0.1) is 0 Å². The van der Waals surface area contributed by atoms with Gasteiger partial charge >= 0.3 is 0 Å². The van der Waals surface area contributed by atoms with E-state index in [2.05, 4.69) is 76.2 Å².